The molecule has 0 spiro atoms. The molecule has 0 aromatic carbocycles. The van der Waals surface area contributed by atoms with Gasteiger partial charge in [-0.3, -0.25) is 4.79 Å². The molecule has 3 rings (SSSR count). The highest BCUT2D eigenvalue weighted by molar-refractivity contribution is 5.81. The molecule has 3 nitrogen and oxygen atoms in total. The van der Waals surface area contributed by atoms with E-state index < -0.39 is 0 Å². The number of nitrogens with one attached hydrogen (secondary N) is 2. The molecule has 1 heterocycles. The predicted octanol–water partition coefficient (Wildman–Crippen LogP) is 2.99. The largest absolute Gasteiger partial charge is 0.354 e. The SMILES string of the molecule is CC1(CNC(=O)C2CCC3CCCCC3N2)CCCC1. The topological polar surface area (TPSA) is 41.1 Å². The van der Waals surface area contributed by atoms with Gasteiger partial charge in [0.05, 0.1) is 6.04 Å². The molecule has 3 atom stereocenters. The van der Waals surface area contributed by atoms with Crippen molar-refractivity contribution >= 4 is 5.91 Å². The maximum atomic E-state index is 12.4. The number of carbonyl (C=O) groups is 1. The number of piperidine rings is 1. The molecule has 0 bridgehead atoms. The number of carbonyl (C=O) groups excluding carboxylic acids is 1. The summed E-state index contributed by atoms with van der Waals surface area (Å²) in [7, 11) is 0. The van der Waals surface area contributed by atoms with Crippen LogP contribution < -0.4 is 10.6 Å². The van der Waals surface area contributed by atoms with Crippen LogP contribution in [0.25, 0.3) is 0 Å². The summed E-state index contributed by atoms with van der Waals surface area (Å²) in [6.07, 6.45) is 12.8. The van der Waals surface area contributed by atoms with E-state index in [9.17, 15) is 4.79 Å². The summed E-state index contributed by atoms with van der Waals surface area (Å²) in [5.41, 5.74) is 0.359. The molecule has 3 fully saturated rings. The lowest BCUT2D eigenvalue weighted by Crippen LogP contribution is -2.55. The van der Waals surface area contributed by atoms with Crippen molar-refractivity contribution in [1.82, 2.24) is 10.6 Å². The fraction of sp³-hybridized carbons (Fsp3) is 0.941. The van der Waals surface area contributed by atoms with E-state index in [1.165, 1.54) is 57.8 Å². The summed E-state index contributed by atoms with van der Waals surface area (Å²) in [5.74, 6) is 1.09. The Balaban J connectivity index is 1.47. The van der Waals surface area contributed by atoms with Crippen molar-refractivity contribution in [1.29, 1.82) is 0 Å². The minimum Gasteiger partial charge on any atom is -0.354 e. The first kappa shape index (κ1) is 14.4. The zero-order valence-corrected chi connectivity index (χ0v) is 12.9. The van der Waals surface area contributed by atoms with E-state index in [-0.39, 0.29) is 11.9 Å². The van der Waals surface area contributed by atoms with Gasteiger partial charge < -0.3 is 10.6 Å². The predicted molar refractivity (Wildman–Crippen MR) is 81.5 cm³/mol. The van der Waals surface area contributed by atoms with Gasteiger partial charge in [0, 0.05) is 12.6 Å². The molecule has 0 aromatic heterocycles. The smallest absolute Gasteiger partial charge is 0.237 e. The molecule has 1 saturated heterocycles. The maximum Gasteiger partial charge on any atom is 0.237 e. The average Bonchev–Trinajstić information content (AvgIpc) is 2.91. The highest BCUT2D eigenvalue weighted by Gasteiger charge is 2.35. The summed E-state index contributed by atoms with van der Waals surface area (Å²) in [6, 6.07) is 0.676. The van der Waals surface area contributed by atoms with Gasteiger partial charge in [0.2, 0.25) is 5.91 Å². The zero-order chi connectivity index (χ0) is 14.0. The van der Waals surface area contributed by atoms with E-state index in [0.717, 1.165) is 18.9 Å². The number of amides is 1. The lowest BCUT2D eigenvalue weighted by Gasteiger charge is -2.40. The van der Waals surface area contributed by atoms with Crippen molar-refractivity contribution in [3.8, 4) is 0 Å². The van der Waals surface area contributed by atoms with Crippen molar-refractivity contribution in [3.05, 3.63) is 0 Å². The molecule has 0 radical (unpaired) electrons. The van der Waals surface area contributed by atoms with Crippen LogP contribution in [0.4, 0.5) is 0 Å². The second-order valence-corrected chi connectivity index (χ2v) is 7.68. The molecular weight excluding hydrogens is 248 g/mol. The lowest BCUT2D eigenvalue weighted by atomic mass is 9.77. The second kappa shape index (κ2) is 6.05. The third-order valence-electron chi connectivity index (χ3n) is 5.97. The van der Waals surface area contributed by atoms with Crippen LogP contribution in [0.5, 0.6) is 0 Å². The minimum absolute atomic E-state index is 0.0688. The number of hydrogen-bond acceptors (Lipinski definition) is 2. The highest BCUT2D eigenvalue weighted by atomic mass is 16.2. The van der Waals surface area contributed by atoms with E-state index in [1.54, 1.807) is 0 Å². The van der Waals surface area contributed by atoms with Crippen molar-refractivity contribution < 1.29 is 4.79 Å². The fourth-order valence-electron chi connectivity index (χ4n) is 4.53. The first-order valence-corrected chi connectivity index (χ1v) is 8.70. The second-order valence-electron chi connectivity index (χ2n) is 7.68. The van der Waals surface area contributed by atoms with Crippen molar-refractivity contribution in [2.24, 2.45) is 11.3 Å². The van der Waals surface area contributed by atoms with Gasteiger partial charge in [0.15, 0.2) is 0 Å². The van der Waals surface area contributed by atoms with Gasteiger partial charge in [-0.25, -0.2) is 0 Å². The van der Waals surface area contributed by atoms with Crippen LogP contribution in [-0.4, -0.2) is 24.5 Å². The quantitative estimate of drug-likeness (QED) is 0.833. The molecule has 3 heteroatoms. The first-order valence-electron chi connectivity index (χ1n) is 8.70. The normalized spacial score (nSPS) is 36.4. The van der Waals surface area contributed by atoms with Crippen LogP contribution in [0.1, 0.15) is 71.1 Å². The minimum atomic E-state index is 0.0688. The standard InChI is InChI=1S/C17H30N2O/c1-17(10-4-5-11-17)12-18-16(20)15-9-8-13-6-2-3-7-14(13)19-15/h13-15,19H,2-12H2,1H3,(H,18,20). The van der Waals surface area contributed by atoms with Gasteiger partial charge in [0.25, 0.3) is 0 Å². The third-order valence-corrected chi connectivity index (χ3v) is 5.97. The molecule has 3 unspecified atom stereocenters. The monoisotopic (exact) mass is 278 g/mol. The van der Waals surface area contributed by atoms with Gasteiger partial charge >= 0.3 is 0 Å². The zero-order valence-electron chi connectivity index (χ0n) is 12.9. The molecule has 2 N–H and O–H groups in total. The molecule has 1 amide bonds. The number of rotatable bonds is 3. The Hall–Kier alpha value is -0.570. The van der Waals surface area contributed by atoms with Gasteiger partial charge in [-0.2, -0.15) is 0 Å². The van der Waals surface area contributed by atoms with Crippen LogP contribution in [0, 0.1) is 11.3 Å². The van der Waals surface area contributed by atoms with Crippen LogP contribution in [-0.2, 0) is 4.79 Å². The van der Waals surface area contributed by atoms with Crippen LogP contribution >= 0.6 is 0 Å². The average molecular weight is 278 g/mol. The maximum absolute atomic E-state index is 12.4. The molecule has 1 aliphatic heterocycles. The van der Waals surface area contributed by atoms with Gasteiger partial charge in [0.1, 0.15) is 0 Å². The lowest BCUT2D eigenvalue weighted by molar-refractivity contribution is -0.125. The van der Waals surface area contributed by atoms with E-state index in [1.807, 2.05) is 0 Å². The molecule has 2 saturated carbocycles. The van der Waals surface area contributed by atoms with Crippen LogP contribution in [0.15, 0.2) is 0 Å². The van der Waals surface area contributed by atoms with Crippen molar-refractivity contribution in [2.45, 2.75) is 83.2 Å². The Morgan fingerprint density at radius 3 is 2.65 bits per heavy atom. The summed E-state index contributed by atoms with van der Waals surface area (Å²) in [4.78, 5) is 12.4. The van der Waals surface area contributed by atoms with Crippen molar-refractivity contribution in [2.75, 3.05) is 6.54 Å². The molecule has 114 valence electrons. The molecular formula is C17H30N2O. The van der Waals surface area contributed by atoms with Gasteiger partial charge in [-0.1, -0.05) is 32.6 Å². The van der Waals surface area contributed by atoms with E-state index >= 15 is 0 Å². The summed E-state index contributed by atoms with van der Waals surface area (Å²) in [5, 5.41) is 6.86. The third kappa shape index (κ3) is 3.19. The molecule has 0 aromatic rings. The molecule has 2 aliphatic carbocycles. The highest BCUT2D eigenvalue weighted by Crippen LogP contribution is 2.37. The Bertz CT molecular complexity index is 349. The Morgan fingerprint density at radius 2 is 1.85 bits per heavy atom. The molecule has 3 aliphatic rings. The Kier molecular flexibility index (Phi) is 4.34. The fourth-order valence-corrected chi connectivity index (χ4v) is 4.53. The summed E-state index contributed by atoms with van der Waals surface area (Å²) in [6.45, 7) is 3.20. The van der Waals surface area contributed by atoms with E-state index in [0.29, 0.717) is 11.5 Å². The van der Waals surface area contributed by atoms with E-state index in [2.05, 4.69) is 17.6 Å². The summed E-state index contributed by atoms with van der Waals surface area (Å²) >= 11 is 0. The van der Waals surface area contributed by atoms with Gasteiger partial charge in [-0.05, 0) is 49.9 Å². The Labute approximate surface area is 123 Å². The number of hydrogen-bond donors (Lipinski definition) is 2. The number of fused-ring (bicyclic) bond motifs is 1. The Morgan fingerprint density at radius 1 is 1.10 bits per heavy atom. The van der Waals surface area contributed by atoms with E-state index in [4.69, 9.17) is 0 Å². The first-order chi connectivity index (χ1) is 9.66. The summed E-state index contributed by atoms with van der Waals surface area (Å²) < 4.78 is 0. The van der Waals surface area contributed by atoms with Crippen LogP contribution in [0.2, 0.25) is 0 Å². The van der Waals surface area contributed by atoms with Crippen LogP contribution in [0.3, 0.4) is 0 Å². The molecule has 20 heavy (non-hydrogen) atoms. The van der Waals surface area contributed by atoms with Crippen molar-refractivity contribution in [3.63, 3.8) is 0 Å². The van der Waals surface area contributed by atoms with Gasteiger partial charge in [-0.15, -0.1) is 0 Å².